The van der Waals surface area contributed by atoms with Gasteiger partial charge in [0.15, 0.2) is 0 Å². The molecule has 0 bridgehead atoms. The monoisotopic (exact) mass is 211 g/mol. The largest absolute Gasteiger partial charge is 0.392 e. The summed E-state index contributed by atoms with van der Waals surface area (Å²) < 4.78 is 12.5. The van der Waals surface area contributed by atoms with Crippen molar-refractivity contribution in [3.05, 3.63) is 35.6 Å². The van der Waals surface area contributed by atoms with Gasteiger partial charge < -0.3 is 10.4 Å². The zero-order valence-corrected chi connectivity index (χ0v) is 8.53. The Balaban J connectivity index is 2.41. The number of hydrogen-bond acceptors (Lipinski definition) is 2. The Bertz CT molecular complexity index is 322. The fourth-order valence-electron chi connectivity index (χ4n) is 1.11. The summed E-state index contributed by atoms with van der Waals surface area (Å²) in [5, 5.41) is 11.5. The van der Waals surface area contributed by atoms with Crippen LogP contribution >= 0.6 is 0 Å². The third-order valence-electron chi connectivity index (χ3n) is 1.87. The van der Waals surface area contributed by atoms with Gasteiger partial charge in [-0.05, 0) is 24.6 Å². The Morgan fingerprint density at radius 2 is 2.07 bits per heavy atom. The molecule has 0 heterocycles. The highest BCUT2D eigenvalue weighted by molar-refractivity contribution is 5.78. The second kappa shape index (κ2) is 5.46. The first-order valence-corrected chi connectivity index (χ1v) is 4.77. The minimum absolute atomic E-state index is 0.178. The summed E-state index contributed by atoms with van der Waals surface area (Å²) in [5.74, 6) is -0.495. The van der Waals surface area contributed by atoms with Crippen LogP contribution in [0.15, 0.2) is 24.3 Å². The number of aliphatic hydroxyl groups is 1. The first kappa shape index (κ1) is 11.7. The lowest BCUT2D eigenvalue weighted by Crippen LogP contribution is -2.31. The van der Waals surface area contributed by atoms with E-state index >= 15 is 0 Å². The van der Waals surface area contributed by atoms with Crippen molar-refractivity contribution in [2.75, 3.05) is 6.54 Å². The van der Waals surface area contributed by atoms with E-state index in [-0.39, 0.29) is 24.7 Å². The van der Waals surface area contributed by atoms with Crippen molar-refractivity contribution in [2.24, 2.45) is 0 Å². The van der Waals surface area contributed by atoms with Crippen molar-refractivity contribution < 1.29 is 14.3 Å². The van der Waals surface area contributed by atoms with E-state index in [1.165, 1.54) is 12.1 Å². The quantitative estimate of drug-likeness (QED) is 0.776. The fraction of sp³-hybridized carbons (Fsp3) is 0.364. The molecule has 15 heavy (non-hydrogen) atoms. The fourth-order valence-corrected chi connectivity index (χ4v) is 1.11. The summed E-state index contributed by atoms with van der Waals surface area (Å²) in [4.78, 5) is 11.3. The summed E-state index contributed by atoms with van der Waals surface area (Å²) in [6.45, 7) is 1.83. The molecule has 0 unspecified atom stereocenters. The van der Waals surface area contributed by atoms with Gasteiger partial charge in [0.1, 0.15) is 5.82 Å². The Morgan fingerprint density at radius 3 is 2.60 bits per heavy atom. The molecule has 0 aliphatic heterocycles. The van der Waals surface area contributed by atoms with Gasteiger partial charge in [0.05, 0.1) is 12.5 Å². The lowest BCUT2D eigenvalue weighted by Gasteiger charge is -2.06. The highest BCUT2D eigenvalue weighted by Gasteiger charge is 2.04. The van der Waals surface area contributed by atoms with Crippen LogP contribution in [0.4, 0.5) is 4.39 Å². The zero-order chi connectivity index (χ0) is 11.3. The van der Waals surface area contributed by atoms with Gasteiger partial charge in [-0.25, -0.2) is 4.39 Å². The van der Waals surface area contributed by atoms with Crippen LogP contribution in [0, 0.1) is 5.82 Å². The SMILES string of the molecule is C[C@H](O)CNC(=O)Cc1ccc(F)cc1. The Hall–Kier alpha value is -1.42. The normalized spacial score (nSPS) is 12.2. The van der Waals surface area contributed by atoms with E-state index < -0.39 is 6.10 Å². The van der Waals surface area contributed by atoms with Crippen LogP contribution in [-0.2, 0) is 11.2 Å². The van der Waals surface area contributed by atoms with Crippen LogP contribution in [0.2, 0.25) is 0 Å². The highest BCUT2D eigenvalue weighted by Crippen LogP contribution is 2.03. The third kappa shape index (κ3) is 4.56. The summed E-state index contributed by atoms with van der Waals surface area (Å²) in [7, 11) is 0. The molecule has 0 aliphatic rings. The maximum absolute atomic E-state index is 12.5. The minimum atomic E-state index is -0.554. The molecule has 1 atom stereocenters. The number of aliphatic hydroxyl groups excluding tert-OH is 1. The van der Waals surface area contributed by atoms with Gasteiger partial charge in [0.25, 0.3) is 0 Å². The van der Waals surface area contributed by atoms with Gasteiger partial charge in [0, 0.05) is 6.54 Å². The van der Waals surface area contributed by atoms with Crippen LogP contribution in [0.5, 0.6) is 0 Å². The third-order valence-corrected chi connectivity index (χ3v) is 1.87. The standard InChI is InChI=1S/C11H14FNO2/c1-8(14)7-13-11(15)6-9-2-4-10(12)5-3-9/h2-5,8,14H,6-7H2,1H3,(H,13,15)/t8-/m0/s1. The molecule has 0 saturated carbocycles. The minimum Gasteiger partial charge on any atom is -0.392 e. The maximum Gasteiger partial charge on any atom is 0.224 e. The lowest BCUT2D eigenvalue weighted by atomic mass is 10.1. The molecule has 1 aromatic rings. The van der Waals surface area contributed by atoms with Crippen molar-refractivity contribution in [3.63, 3.8) is 0 Å². The molecule has 0 aromatic heterocycles. The predicted octanol–water partition coefficient (Wildman–Crippen LogP) is 0.865. The average molecular weight is 211 g/mol. The van der Waals surface area contributed by atoms with Crippen molar-refractivity contribution >= 4 is 5.91 Å². The number of nitrogens with one attached hydrogen (secondary N) is 1. The number of carbonyl (C=O) groups excluding carboxylic acids is 1. The van der Waals surface area contributed by atoms with Crippen molar-refractivity contribution in [2.45, 2.75) is 19.4 Å². The lowest BCUT2D eigenvalue weighted by molar-refractivity contribution is -0.120. The molecular weight excluding hydrogens is 197 g/mol. The van der Waals surface area contributed by atoms with E-state index in [2.05, 4.69) is 5.32 Å². The first-order valence-electron chi connectivity index (χ1n) is 4.77. The molecular formula is C11H14FNO2. The van der Waals surface area contributed by atoms with Gasteiger partial charge in [-0.2, -0.15) is 0 Å². The van der Waals surface area contributed by atoms with Crippen LogP contribution in [0.1, 0.15) is 12.5 Å². The number of carbonyl (C=O) groups is 1. The Kier molecular flexibility index (Phi) is 4.24. The highest BCUT2D eigenvalue weighted by atomic mass is 19.1. The molecule has 0 aliphatic carbocycles. The number of hydrogen-bond donors (Lipinski definition) is 2. The molecule has 1 amide bonds. The van der Waals surface area contributed by atoms with Crippen molar-refractivity contribution in [1.29, 1.82) is 0 Å². The van der Waals surface area contributed by atoms with Crippen LogP contribution in [0.3, 0.4) is 0 Å². The van der Waals surface area contributed by atoms with Crippen LogP contribution < -0.4 is 5.32 Å². The van der Waals surface area contributed by atoms with E-state index in [4.69, 9.17) is 5.11 Å². The van der Waals surface area contributed by atoms with Gasteiger partial charge in [-0.15, -0.1) is 0 Å². The van der Waals surface area contributed by atoms with E-state index in [9.17, 15) is 9.18 Å². The molecule has 1 rings (SSSR count). The van der Waals surface area contributed by atoms with Gasteiger partial charge in [-0.1, -0.05) is 12.1 Å². The topological polar surface area (TPSA) is 49.3 Å². The predicted molar refractivity (Wildman–Crippen MR) is 54.8 cm³/mol. The van der Waals surface area contributed by atoms with Gasteiger partial charge in [0.2, 0.25) is 5.91 Å². The van der Waals surface area contributed by atoms with Crippen LogP contribution in [0.25, 0.3) is 0 Å². The molecule has 82 valence electrons. The van der Waals surface area contributed by atoms with E-state index in [0.717, 1.165) is 5.56 Å². The zero-order valence-electron chi connectivity index (χ0n) is 8.53. The average Bonchev–Trinajstić information content (AvgIpc) is 2.19. The molecule has 3 nitrogen and oxygen atoms in total. The summed E-state index contributed by atoms with van der Waals surface area (Å²) in [5.41, 5.74) is 0.750. The number of rotatable bonds is 4. The Morgan fingerprint density at radius 1 is 1.47 bits per heavy atom. The van der Waals surface area contributed by atoms with Crippen molar-refractivity contribution in [1.82, 2.24) is 5.32 Å². The molecule has 0 radical (unpaired) electrons. The molecule has 4 heteroatoms. The van der Waals surface area contributed by atoms with Gasteiger partial charge in [-0.3, -0.25) is 4.79 Å². The summed E-state index contributed by atoms with van der Waals surface area (Å²) in [6.07, 6.45) is -0.352. The Labute approximate surface area is 87.9 Å². The van der Waals surface area contributed by atoms with Crippen molar-refractivity contribution in [3.8, 4) is 0 Å². The number of halogens is 1. The molecule has 0 spiro atoms. The molecule has 0 saturated heterocycles. The smallest absolute Gasteiger partial charge is 0.224 e. The van der Waals surface area contributed by atoms with Gasteiger partial charge >= 0.3 is 0 Å². The second-order valence-corrected chi connectivity index (χ2v) is 3.46. The summed E-state index contributed by atoms with van der Waals surface area (Å²) in [6, 6.07) is 5.77. The number of benzene rings is 1. The molecule has 2 N–H and O–H groups in total. The van der Waals surface area contributed by atoms with Crippen LogP contribution in [-0.4, -0.2) is 23.7 Å². The molecule has 1 aromatic carbocycles. The van der Waals surface area contributed by atoms with E-state index in [1.54, 1.807) is 19.1 Å². The second-order valence-electron chi connectivity index (χ2n) is 3.46. The van der Waals surface area contributed by atoms with E-state index in [0.29, 0.717) is 0 Å². The maximum atomic E-state index is 12.5. The summed E-state index contributed by atoms with van der Waals surface area (Å²) >= 11 is 0. The van der Waals surface area contributed by atoms with E-state index in [1.807, 2.05) is 0 Å². The molecule has 0 fully saturated rings. The number of amides is 1. The first-order chi connectivity index (χ1) is 7.08.